The van der Waals surface area contributed by atoms with Crippen LogP contribution in [0.3, 0.4) is 0 Å². The Morgan fingerprint density at radius 2 is 2.19 bits per heavy atom. The largest absolute Gasteiger partial charge is 0.385 e. The second-order valence-electron chi connectivity index (χ2n) is 3.95. The molecule has 0 radical (unpaired) electrons. The predicted molar refractivity (Wildman–Crippen MR) is 66.7 cm³/mol. The molecule has 1 heterocycles. The highest BCUT2D eigenvalue weighted by molar-refractivity contribution is 5.27. The van der Waals surface area contributed by atoms with Crippen LogP contribution in [0.1, 0.15) is 33.1 Å². The normalized spacial score (nSPS) is 11.0. The van der Waals surface area contributed by atoms with E-state index in [1.165, 1.54) is 0 Å². The number of nitrogens with zero attached hydrogens (tertiary/aromatic N) is 2. The van der Waals surface area contributed by atoms with E-state index in [4.69, 9.17) is 4.74 Å². The van der Waals surface area contributed by atoms with Gasteiger partial charge < -0.3 is 14.6 Å². The first kappa shape index (κ1) is 13.0. The van der Waals surface area contributed by atoms with E-state index < -0.39 is 0 Å². The van der Waals surface area contributed by atoms with Gasteiger partial charge in [-0.1, -0.05) is 13.8 Å². The van der Waals surface area contributed by atoms with Crippen molar-refractivity contribution in [3.8, 4) is 0 Å². The Hall–Kier alpha value is -1.03. The van der Waals surface area contributed by atoms with E-state index in [2.05, 4.69) is 28.7 Å². The SMILES string of the molecule is CCC(CC)Nc1nccn1CCCOC. The maximum atomic E-state index is 5.05. The van der Waals surface area contributed by atoms with Crippen molar-refractivity contribution in [3.05, 3.63) is 12.4 Å². The molecule has 4 nitrogen and oxygen atoms in total. The van der Waals surface area contributed by atoms with Crippen LogP contribution in [-0.2, 0) is 11.3 Å². The Kier molecular flexibility index (Phi) is 5.93. The van der Waals surface area contributed by atoms with E-state index in [0.717, 1.165) is 38.4 Å². The van der Waals surface area contributed by atoms with Crippen LogP contribution in [0.4, 0.5) is 5.95 Å². The van der Waals surface area contributed by atoms with Crippen LogP contribution in [0.25, 0.3) is 0 Å². The molecule has 0 aromatic carbocycles. The Bertz CT molecular complexity index is 282. The van der Waals surface area contributed by atoms with Crippen LogP contribution in [-0.4, -0.2) is 29.3 Å². The van der Waals surface area contributed by atoms with Crippen LogP contribution in [0.15, 0.2) is 12.4 Å². The van der Waals surface area contributed by atoms with E-state index >= 15 is 0 Å². The number of nitrogens with one attached hydrogen (secondary N) is 1. The average Bonchev–Trinajstić information content (AvgIpc) is 2.74. The van der Waals surface area contributed by atoms with Gasteiger partial charge in [-0.15, -0.1) is 0 Å². The predicted octanol–water partition coefficient (Wildman–Crippen LogP) is 2.52. The summed E-state index contributed by atoms with van der Waals surface area (Å²) in [6, 6.07) is 0.517. The molecule has 0 fully saturated rings. The van der Waals surface area contributed by atoms with E-state index in [-0.39, 0.29) is 0 Å². The van der Waals surface area contributed by atoms with Crippen LogP contribution in [0, 0.1) is 0 Å². The van der Waals surface area contributed by atoms with Gasteiger partial charge in [0.15, 0.2) is 0 Å². The summed E-state index contributed by atoms with van der Waals surface area (Å²) in [5.41, 5.74) is 0. The maximum Gasteiger partial charge on any atom is 0.202 e. The first-order valence-electron chi connectivity index (χ1n) is 6.08. The molecular formula is C12H23N3O. The number of imidazole rings is 1. The van der Waals surface area contributed by atoms with Crippen LogP contribution >= 0.6 is 0 Å². The number of ether oxygens (including phenoxy) is 1. The molecule has 0 bridgehead atoms. The minimum Gasteiger partial charge on any atom is -0.385 e. The molecule has 1 aromatic heterocycles. The minimum atomic E-state index is 0.517. The summed E-state index contributed by atoms with van der Waals surface area (Å²) >= 11 is 0. The Balaban J connectivity index is 2.49. The Morgan fingerprint density at radius 3 is 2.81 bits per heavy atom. The molecule has 1 rings (SSSR count). The summed E-state index contributed by atoms with van der Waals surface area (Å²) in [7, 11) is 1.73. The number of anilines is 1. The molecule has 0 unspecified atom stereocenters. The molecule has 0 aliphatic carbocycles. The number of rotatable bonds is 8. The highest BCUT2D eigenvalue weighted by Gasteiger charge is 2.07. The van der Waals surface area contributed by atoms with Crippen molar-refractivity contribution >= 4 is 5.95 Å². The van der Waals surface area contributed by atoms with Gasteiger partial charge >= 0.3 is 0 Å². The van der Waals surface area contributed by atoms with Gasteiger partial charge in [-0.05, 0) is 19.3 Å². The fourth-order valence-corrected chi connectivity index (χ4v) is 1.68. The highest BCUT2D eigenvalue weighted by Crippen LogP contribution is 2.10. The van der Waals surface area contributed by atoms with Crippen molar-refractivity contribution in [3.63, 3.8) is 0 Å². The van der Waals surface area contributed by atoms with Gasteiger partial charge in [0.2, 0.25) is 5.95 Å². The van der Waals surface area contributed by atoms with E-state index in [1.807, 2.05) is 12.4 Å². The second kappa shape index (κ2) is 7.28. The lowest BCUT2D eigenvalue weighted by Gasteiger charge is -2.16. The molecule has 0 atom stereocenters. The third kappa shape index (κ3) is 3.85. The van der Waals surface area contributed by atoms with Gasteiger partial charge in [0.25, 0.3) is 0 Å². The maximum absolute atomic E-state index is 5.05. The Labute approximate surface area is 98.0 Å². The fraction of sp³-hybridized carbons (Fsp3) is 0.750. The first-order valence-corrected chi connectivity index (χ1v) is 6.08. The van der Waals surface area contributed by atoms with Gasteiger partial charge in [-0.2, -0.15) is 0 Å². The molecule has 4 heteroatoms. The van der Waals surface area contributed by atoms with Crippen molar-refractivity contribution < 1.29 is 4.74 Å². The summed E-state index contributed by atoms with van der Waals surface area (Å²) in [5.74, 6) is 0.977. The third-order valence-electron chi connectivity index (χ3n) is 2.78. The van der Waals surface area contributed by atoms with Gasteiger partial charge in [0, 0.05) is 38.7 Å². The van der Waals surface area contributed by atoms with Crippen molar-refractivity contribution in [1.29, 1.82) is 0 Å². The van der Waals surface area contributed by atoms with Crippen molar-refractivity contribution in [2.75, 3.05) is 19.0 Å². The molecule has 0 saturated heterocycles. The smallest absolute Gasteiger partial charge is 0.202 e. The topological polar surface area (TPSA) is 39.1 Å². The summed E-state index contributed by atoms with van der Waals surface area (Å²) < 4.78 is 7.20. The van der Waals surface area contributed by atoms with Crippen molar-refractivity contribution in [2.45, 2.75) is 45.7 Å². The molecule has 92 valence electrons. The Morgan fingerprint density at radius 1 is 1.44 bits per heavy atom. The number of aromatic nitrogens is 2. The van der Waals surface area contributed by atoms with Crippen molar-refractivity contribution in [1.82, 2.24) is 9.55 Å². The lowest BCUT2D eigenvalue weighted by Crippen LogP contribution is -2.20. The first-order chi connectivity index (χ1) is 7.81. The van der Waals surface area contributed by atoms with Crippen molar-refractivity contribution in [2.24, 2.45) is 0 Å². The molecule has 16 heavy (non-hydrogen) atoms. The van der Waals surface area contributed by atoms with Crippen LogP contribution in [0.2, 0.25) is 0 Å². The standard InChI is InChI=1S/C12H23N3O/c1-4-11(5-2)14-12-13-7-9-15(12)8-6-10-16-3/h7,9,11H,4-6,8,10H2,1-3H3,(H,13,14). The van der Waals surface area contributed by atoms with Gasteiger partial charge in [0.1, 0.15) is 0 Å². The number of hydrogen-bond donors (Lipinski definition) is 1. The van der Waals surface area contributed by atoms with Gasteiger partial charge in [0.05, 0.1) is 0 Å². The lowest BCUT2D eigenvalue weighted by atomic mass is 10.2. The zero-order chi connectivity index (χ0) is 11.8. The summed E-state index contributed by atoms with van der Waals surface area (Å²) in [5, 5.41) is 3.46. The quantitative estimate of drug-likeness (QED) is 0.691. The zero-order valence-corrected chi connectivity index (χ0v) is 10.6. The minimum absolute atomic E-state index is 0.517. The average molecular weight is 225 g/mol. The van der Waals surface area contributed by atoms with Gasteiger partial charge in [-0.25, -0.2) is 4.98 Å². The molecule has 1 aromatic rings. The summed E-state index contributed by atoms with van der Waals surface area (Å²) in [6.07, 6.45) is 7.13. The zero-order valence-electron chi connectivity index (χ0n) is 10.6. The van der Waals surface area contributed by atoms with E-state index in [1.54, 1.807) is 7.11 Å². The molecule has 0 aliphatic rings. The van der Waals surface area contributed by atoms with Crippen LogP contribution in [0.5, 0.6) is 0 Å². The molecule has 0 amide bonds. The second-order valence-corrected chi connectivity index (χ2v) is 3.95. The summed E-state index contributed by atoms with van der Waals surface area (Å²) in [4.78, 5) is 4.34. The lowest BCUT2D eigenvalue weighted by molar-refractivity contribution is 0.190. The van der Waals surface area contributed by atoms with Crippen LogP contribution < -0.4 is 5.32 Å². The van der Waals surface area contributed by atoms with Gasteiger partial charge in [-0.3, -0.25) is 0 Å². The number of aryl methyl sites for hydroxylation is 1. The van der Waals surface area contributed by atoms with E-state index in [9.17, 15) is 0 Å². The molecular weight excluding hydrogens is 202 g/mol. The highest BCUT2D eigenvalue weighted by atomic mass is 16.5. The molecule has 0 saturated carbocycles. The van der Waals surface area contributed by atoms with E-state index in [0.29, 0.717) is 6.04 Å². The molecule has 0 spiro atoms. The monoisotopic (exact) mass is 225 g/mol. The molecule has 1 N–H and O–H groups in total. The number of methoxy groups -OCH3 is 1. The third-order valence-corrected chi connectivity index (χ3v) is 2.78. The summed E-state index contributed by atoms with van der Waals surface area (Å²) in [6.45, 7) is 6.14. The molecule has 0 aliphatic heterocycles. The fourth-order valence-electron chi connectivity index (χ4n) is 1.68. The number of hydrogen-bond acceptors (Lipinski definition) is 3.